The molecule has 19 heavy (non-hydrogen) atoms. The quantitative estimate of drug-likeness (QED) is 0.765. The van der Waals surface area contributed by atoms with Gasteiger partial charge in [-0.25, -0.2) is 0 Å². The zero-order valence-corrected chi connectivity index (χ0v) is 13.8. The Bertz CT molecular complexity index is 452. The molecular weight excluding hydrogens is 359 g/mol. The van der Waals surface area contributed by atoms with Crippen molar-refractivity contribution in [2.45, 2.75) is 0 Å². The molecule has 0 radical (unpaired) electrons. The number of amides is 1. The number of methoxy groups -OCH3 is 2. The summed E-state index contributed by atoms with van der Waals surface area (Å²) in [5.41, 5.74) is 0.622. The Kier molecular flexibility index (Phi) is 6.36. The van der Waals surface area contributed by atoms with Crippen molar-refractivity contribution in [3.63, 3.8) is 0 Å². The average molecular weight is 378 g/mol. The highest BCUT2D eigenvalue weighted by Crippen LogP contribution is 2.31. The van der Waals surface area contributed by atoms with Gasteiger partial charge in [-0.15, -0.1) is 0 Å². The second-order valence-corrected chi connectivity index (χ2v) is 5.18. The van der Waals surface area contributed by atoms with E-state index < -0.39 is 0 Å². The monoisotopic (exact) mass is 378 g/mol. The van der Waals surface area contributed by atoms with E-state index in [9.17, 15) is 4.79 Å². The number of hydrogen-bond acceptors (Lipinski definition) is 4. The topological polar surface area (TPSA) is 50.8 Å². The lowest BCUT2D eigenvalue weighted by Gasteiger charge is -2.19. The number of halogens is 1. The number of rotatable bonds is 6. The van der Waals surface area contributed by atoms with Crippen LogP contribution in [0.3, 0.4) is 0 Å². The van der Waals surface area contributed by atoms with Crippen LogP contribution in [0.25, 0.3) is 0 Å². The molecule has 1 N–H and O–H groups in total. The number of nitrogens with one attached hydrogen (secondary N) is 1. The van der Waals surface area contributed by atoms with E-state index in [1.54, 1.807) is 38.3 Å². The lowest BCUT2D eigenvalue weighted by atomic mass is 10.1. The number of carbonyl (C=O) groups excluding carboxylic acids is 1. The molecule has 0 spiro atoms. The first kappa shape index (κ1) is 16.0. The normalized spacial score (nSPS) is 10.2. The molecule has 0 aliphatic rings. The van der Waals surface area contributed by atoms with Crippen molar-refractivity contribution in [3.05, 3.63) is 21.3 Å². The molecule has 5 nitrogen and oxygen atoms in total. The molecular formula is C13H19IN2O3. The summed E-state index contributed by atoms with van der Waals surface area (Å²) in [6.45, 7) is 1.41. The maximum atomic E-state index is 12.3. The van der Waals surface area contributed by atoms with Crippen LogP contribution in [0.4, 0.5) is 0 Å². The first-order valence-electron chi connectivity index (χ1n) is 5.86. The lowest BCUT2D eigenvalue weighted by Crippen LogP contribution is -2.33. The highest BCUT2D eigenvalue weighted by atomic mass is 127. The molecule has 0 saturated heterocycles. The van der Waals surface area contributed by atoms with Crippen LogP contribution in [-0.4, -0.2) is 52.2 Å². The zero-order chi connectivity index (χ0) is 14.4. The van der Waals surface area contributed by atoms with Crippen molar-refractivity contribution < 1.29 is 14.3 Å². The van der Waals surface area contributed by atoms with Crippen LogP contribution < -0.4 is 14.8 Å². The number of benzene rings is 1. The summed E-state index contributed by atoms with van der Waals surface area (Å²) < 4.78 is 11.3. The van der Waals surface area contributed by atoms with Crippen LogP contribution in [0.1, 0.15) is 10.4 Å². The van der Waals surface area contributed by atoms with E-state index in [2.05, 4.69) is 27.9 Å². The number of carbonyl (C=O) groups is 1. The minimum Gasteiger partial charge on any atom is -0.493 e. The zero-order valence-electron chi connectivity index (χ0n) is 11.6. The van der Waals surface area contributed by atoms with Gasteiger partial charge in [-0.3, -0.25) is 4.79 Å². The first-order valence-corrected chi connectivity index (χ1v) is 6.94. The third-order valence-electron chi connectivity index (χ3n) is 2.75. The smallest absolute Gasteiger partial charge is 0.254 e. The summed E-state index contributed by atoms with van der Waals surface area (Å²) in [5.74, 6) is 1.16. The van der Waals surface area contributed by atoms with Gasteiger partial charge in [0.05, 0.1) is 19.8 Å². The maximum absolute atomic E-state index is 12.3. The van der Waals surface area contributed by atoms with Gasteiger partial charge in [-0.2, -0.15) is 0 Å². The lowest BCUT2D eigenvalue weighted by molar-refractivity contribution is 0.0795. The van der Waals surface area contributed by atoms with Crippen LogP contribution in [0.15, 0.2) is 12.1 Å². The van der Waals surface area contributed by atoms with Crippen molar-refractivity contribution >= 4 is 28.5 Å². The van der Waals surface area contributed by atoms with E-state index in [1.807, 2.05) is 7.05 Å². The SMILES string of the molecule is CNCCN(C)C(=O)c1cc(OC)c(OC)cc1I. The van der Waals surface area contributed by atoms with E-state index in [1.165, 1.54) is 0 Å². The third-order valence-corrected chi connectivity index (χ3v) is 3.64. The number of likely N-dealkylation sites (N-methyl/N-ethyl adjacent to an activating group) is 2. The maximum Gasteiger partial charge on any atom is 0.254 e. The van der Waals surface area contributed by atoms with Gasteiger partial charge < -0.3 is 19.7 Å². The Morgan fingerprint density at radius 2 is 1.89 bits per heavy atom. The van der Waals surface area contributed by atoms with Crippen LogP contribution >= 0.6 is 22.6 Å². The fourth-order valence-corrected chi connectivity index (χ4v) is 2.27. The summed E-state index contributed by atoms with van der Waals surface area (Å²) in [7, 11) is 6.78. The molecule has 0 aliphatic heterocycles. The number of ether oxygens (including phenoxy) is 2. The molecule has 0 fully saturated rings. The molecule has 0 aliphatic carbocycles. The Morgan fingerprint density at radius 1 is 1.32 bits per heavy atom. The van der Waals surface area contributed by atoms with Gasteiger partial charge in [0.15, 0.2) is 11.5 Å². The van der Waals surface area contributed by atoms with E-state index in [0.717, 1.165) is 10.1 Å². The van der Waals surface area contributed by atoms with Crippen molar-refractivity contribution in [2.24, 2.45) is 0 Å². The molecule has 1 rings (SSSR count). The predicted molar refractivity (Wildman–Crippen MR) is 83.2 cm³/mol. The van der Waals surface area contributed by atoms with Crippen molar-refractivity contribution in [2.75, 3.05) is 41.4 Å². The Hall–Kier alpha value is -1.02. The van der Waals surface area contributed by atoms with Crippen LogP contribution in [0.5, 0.6) is 11.5 Å². The molecule has 6 heteroatoms. The second-order valence-electron chi connectivity index (χ2n) is 4.02. The largest absolute Gasteiger partial charge is 0.493 e. The highest BCUT2D eigenvalue weighted by molar-refractivity contribution is 14.1. The second kappa shape index (κ2) is 7.54. The minimum absolute atomic E-state index is 0.0272. The van der Waals surface area contributed by atoms with Gasteiger partial charge in [0, 0.05) is 23.7 Å². The molecule has 106 valence electrons. The Balaban J connectivity index is 3.02. The summed E-state index contributed by atoms with van der Waals surface area (Å²) in [6, 6.07) is 3.53. The Labute approximate surface area is 127 Å². The minimum atomic E-state index is -0.0272. The van der Waals surface area contributed by atoms with Gasteiger partial charge in [-0.05, 0) is 41.8 Å². The molecule has 1 aromatic rings. The van der Waals surface area contributed by atoms with Crippen molar-refractivity contribution in [1.29, 1.82) is 0 Å². The number of hydrogen-bond donors (Lipinski definition) is 1. The highest BCUT2D eigenvalue weighted by Gasteiger charge is 2.18. The molecule has 1 amide bonds. The standard InChI is InChI=1S/C13H19IN2O3/c1-15-5-6-16(2)13(17)9-7-11(18-3)12(19-4)8-10(9)14/h7-8,15H,5-6H2,1-4H3. The first-order chi connectivity index (χ1) is 9.04. The van der Waals surface area contributed by atoms with Gasteiger partial charge in [0.1, 0.15) is 0 Å². The Morgan fingerprint density at radius 3 is 2.42 bits per heavy atom. The van der Waals surface area contributed by atoms with Crippen LogP contribution in [0.2, 0.25) is 0 Å². The summed E-state index contributed by atoms with van der Waals surface area (Å²) >= 11 is 2.13. The fraction of sp³-hybridized carbons (Fsp3) is 0.462. The fourth-order valence-electron chi connectivity index (χ4n) is 1.60. The average Bonchev–Trinajstić information content (AvgIpc) is 2.43. The van der Waals surface area contributed by atoms with Crippen molar-refractivity contribution in [1.82, 2.24) is 10.2 Å². The van der Waals surface area contributed by atoms with E-state index in [4.69, 9.17) is 9.47 Å². The molecule has 1 aromatic carbocycles. The summed E-state index contributed by atoms with van der Waals surface area (Å²) in [6.07, 6.45) is 0. The van der Waals surface area contributed by atoms with E-state index >= 15 is 0 Å². The summed E-state index contributed by atoms with van der Waals surface area (Å²) in [5, 5.41) is 3.02. The molecule has 0 bridgehead atoms. The van der Waals surface area contributed by atoms with E-state index in [-0.39, 0.29) is 5.91 Å². The van der Waals surface area contributed by atoms with E-state index in [0.29, 0.717) is 23.6 Å². The van der Waals surface area contributed by atoms with Gasteiger partial charge in [-0.1, -0.05) is 0 Å². The third kappa shape index (κ3) is 3.97. The molecule has 0 aromatic heterocycles. The molecule has 0 unspecified atom stereocenters. The molecule has 0 atom stereocenters. The van der Waals surface area contributed by atoms with Gasteiger partial charge in [0.25, 0.3) is 5.91 Å². The predicted octanol–water partition coefficient (Wildman–Crippen LogP) is 1.60. The van der Waals surface area contributed by atoms with Crippen molar-refractivity contribution in [3.8, 4) is 11.5 Å². The van der Waals surface area contributed by atoms with Crippen LogP contribution in [-0.2, 0) is 0 Å². The molecule has 0 saturated carbocycles. The van der Waals surface area contributed by atoms with Crippen LogP contribution in [0, 0.1) is 3.57 Å². The van der Waals surface area contributed by atoms with Gasteiger partial charge in [0.2, 0.25) is 0 Å². The number of nitrogens with zero attached hydrogens (tertiary/aromatic N) is 1. The van der Waals surface area contributed by atoms with Gasteiger partial charge >= 0.3 is 0 Å². The molecule has 0 heterocycles. The summed E-state index contributed by atoms with van der Waals surface area (Å²) in [4.78, 5) is 14.0.